The molecule has 0 atom stereocenters. The van der Waals surface area contributed by atoms with Crippen LogP contribution in [-0.2, 0) is 27.1 Å². The van der Waals surface area contributed by atoms with Gasteiger partial charge in [0, 0.05) is 45.0 Å². The van der Waals surface area contributed by atoms with Gasteiger partial charge in [-0.3, -0.25) is 0 Å². The van der Waals surface area contributed by atoms with E-state index in [1.807, 2.05) is 0 Å². The number of hydrogen-bond acceptors (Lipinski definition) is 2. The summed E-state index contributed by atoms with van der Waals surface area (Å²) in [7, 11) is 0. The lowest BCUT2D eigenvalue weighted by molar-refractivity contribution is 0.590. The van der Waals surface area contributed by atoms with Crippen molar-refractivity contribution in [3.05, 3.63) is 155 Å². The van der Waals surface area contributed by atoms with Crippen molar-refractivity contribution in [3.63, 3.8) is 0 Å². The topological polar surface area (TPSA) is 6.48 Å². The molecule has 0 fully saturated rings. The Labute approximate surface area is 389 Å². The molecule has 0 radical (unpaired) electrons. The molecule has 0 amide bonds. The van der Waals surface area contributed by atoms with Gasteiger partial charge in [-0.15, -0.1) is 0 Å². The van der Waals surface area contributed by atoms with E-state index in [1.54, 1.807) is 0 Å². The van der Waals surface area contributed by atoms with Crippen LogP contribution >= 0.6 is 0 Å². The summed E-state index contributed by atoms with van der Waals surface area (Å²) >= 11 is 0. The molecule has 0 saturated heterocycles. The third kappa shape index (κ3) is 5.55. The summed E-state index contributed by atoms with van der Waals surface area (Å²) < 4.78 is 0. The van der Waals surface area contributed by atoms with Gasteiger partial charge in [-0.2, -0.15) is 0 Å². The Balaban J connectivity index is 1.23. The molecule has 5 aliphatic rings. The van der Waals surface area contributed by atoms with Gasteiger partial charge in [0.15, 0.2) is 0 Å². The van der Waals surface area contributed by atoms with Crippen molar-refractivity contribution in [3.8, 4) is 33.4 Å². The first-order chi connectivity index (χ1) is 30.5. The maximum absolute atomic E-state index is 2.84. The molecular weight excluding hydrogens is 782 g/mol. The molecule has 1 aliphatic carbocycles. The van der Waals surface area contributed by atoms with Crippen LogP contribution in [-0.4, -0.2) is 13.6 Å². The van der Waals surface area contributed by atoms with E-state index < -0.39 is 0 Å². The van der Waals surface area contributed by atoms with Gasteiger partial charge in [-0.1, -0.05) is 188 Å². The van der Waals surface area contributed by atoms with Crippen molar-refractivity contribution < 1.29 is 0 Å². The molecule has 0 unspecified atom stereocenters. The number of hydrogen-bond donors (Lipinski definition) is 0. The summed E-state index contributed by atoms with van der Waals surface area (Å²) in [6, 6.07) is 48.8. The minimum atomic E-state index is -0.113. The highest BCUT2D eigenvalue weighted by Gasteiger charge is 2.53. The Bertz CT molecular complexity index is 3250. The van der Waals surface area contributed by atoms with E-state index in [1.165, 1.54) is 123 Å². The second-order valence-electron chi connectivity index (χ2n) is 24.7. The molecule has 4 heteroatoms. The van der Waals surface area contributed by atoms with Gasteiger partial charge in [-0.05, 0) is 135 Å². The quantitative estimate of drug-likeness (QED) is 0.152. The number of rotatable bonds is 1. The van der Waals surface area contributed by atoms with Crippen molar-refractivity contribution in [1.29, 1.82) is 0 Å². The first-order valence-corrected chi connectivity index (χ1v) is 24.2. The van der Waals surface area contributed by atoms with Gasteiger partial charge in [-0.25, -0.2) is 0 Å². The molecule has 12 rings (SSSR count). The average Bonchev–Trinajstić information content (AvgIpc) is 3.48. The zero-order chi connectivity index (χ0) is 45.7. The lowest BCUT2D eigenvalue weighted by Gasteiger charge is -2.52. The molecular formula is C61H62B2N2. The molecule has 0 bridgehead atoms. The molecule has 0 N–H and O–H groups in total. The van der Waals surface area contributed by atoms with E-state index in [-0.39, 0.29) is 40.6 Å². The molecule has 7 aromatic rings. The third-order valence-electron chi connectivity index (χ3n) is 16.1. The zero-order valence-corrected chi connectivity index (χ0v) is 41.1. The van der Waals surface area contributed by atoms with Crippen LogP contribution in [0.2, 0.25) is 0 Å². The summed E-state index contributed by atoms with van der Waals surface area (Å²) in [4.78, 5) is 5.47. The lowest BCUT2D eigenvalue weighted by atomic mass is 9.30. The number of anilines is 5. The minimum absolute atomic E-state index is 0.00329. The van der Waals surface area contributed by atoms with E-state index >= 15 is 0 Å². The van der Waals surface area contributed by atoms with Crippen LogP contribution in [0.4, 0.5) is 28.4 Å². The van der Waals surface area contributed by atoms with E-state index in [0.29, 0.717) is 0 Å². The molecule has 65 heavy (non-hydrogen) atoms. The first-order valence-electron chi connectivity index (χ1n) is 24.2. The van der Waals surface area contributed by atoms with E-state index in [9.17, 15) is 0 Å². The van der Waals surface area contributed by atoms with Crippen molar-refractivity contribution in [1.82, 2.24) is 0 Å². The zero-order valence-electron chi connectivity index (χ0n) is 41.1. The Morgan fingerprint density at radius 1 is 0.400 bits per heavy atom. The molecule has 0 aromatic heterocycles. The Morgan fingerprint density at radius 2 is 0.908 bits per heavy atom. The molecule has 7 aromatic carbocycles. The number of nitrogens with zero attached hydrogens (tertiary/aromatic N) is 2. The number of fused-ring (bicyclic) bond motifs is 12. The smallest absolute Gasteiger partial charge is 0.329 e. The highest BCUT2D eigenvalue weighted by Crippen LogP contribution is 2.54. The molecule has 0 spiro atoms. The van der Waals surface area contributed by atoms with Crippen molar-refractivity contribution >= 4 is 69.3 Å². The van der Waals surface area contributed by atoms with Crippen LogP contribution in [0.15, 0.2) is 121 Å². The predicted octanol–water partition coefficient (Wildman–Crippen LogP) is 12.7. The van der Waals surface area contributed by atoms with Gasteiger partial charge in [0.1, 0.15) is 0 Å². The summed E-state index contributed by atoms with van der Waals surface area (Å²) in [5.41, 5.74) is 29.9. The molecule has 322 valence electrons. The summed E-state index contributed by atoms with van der Waals surface area (Å²) in [6.07, 6.45) is 0. The second-order valence-corrected chi connectivity index (χ2v) is 24.7. The maximum Gasteiger partial charge on any atom is 0.329 e. The largest absolute Gasteiger partial charge is 0.377 e. The van der Waals surface area contributed by atoms with Gasteiger partial charge < -0.3 is 9.71 Å². The van der Waals surface area contributed by atoms with Crippen LogP contribution in [0.25, 0.3) is 33.4 Å². The van der Waals surface area contributed by atoms with Crippen LogP contribution in [0, 0.1) is 0 Å². The van der Waals surface area contributed by atoms with Crippen LogP contribution in [0.3, 0.4) is 0 Å². The van der Waals surface area contributed by atoms with E-state index in [0.717, 1.165) is 0 Å². The van der Waals surface area contributed by atoms with E-state index in [2.05, 4.69) is 228 Å². The fourth-order valence-corrected chi connectivity index (χ4v) is 12.3. The fourth-order valence-electron chi connectivity index (χ4n) is 12.3. The summed E-state index contributed by atoms with van der Waals surface area (Å²) in [5.74, 6) is 0. The third-order valence-corrected chi connectivity index (χ3v) is 16.1. The van der Waals surface area contributed by atoms with Gasteiger partial charge in [0.05, 0.1) is 0 Å². The fraction of sp³-hybridized carbons (Fsp3) is 0.311. The highest BCUT2D eigenvalue weighted by molar-refractivity contribution is 7.03. The summed E-state index contributed by atoms with van der Waals surface area (Å²) in [6.45, 7) is 33.3. The molecule has 2 nitrogen and oxygen atoms in total. The van der Waals surface area contributed by atoms with Crippen molar-refractivity contribution in [2.75, 3.05) is 9.71 Å². The van der Waals surface area contributed by atoms with Crippen molar-refractivity contribution in [2.45, 2.75) is 124 Å². The SMILES string of the molecule is CC(C)(C)c1ccc2c(c1)B1c3cc(C(C)(C)C)ccc3-c3ccc4c5c3N1c1c(cc(C(C)(C)C)cc1-2)B5c1cc(C(C)(C)C)ccc1N4c1ccc2c(c1)C(C)(C)c1ccccc1-2. The molecule has 4 heterocycles. The molecule has 4 aliphatic heterocycles. The second kappa shape index (κ2) is 12.8. The van der Waals surface area contributed by atoms with Crippen LogP contribution in [0.1, 0.15) is 130 Å². The highest BCUT2D eigenvalue weighted by atomic mass is 15.2. The van der Waals surface area contributed by atoms with Gasteiger partial charge in [0.2, 0.25) is 0 Å². The standard InChI is InChI=1S/C61H62B2N2/c1-57(2,3)35-19-23-42-44-26-28-53-54-56(44)65-55-45(43-24-20-36(58(4,5)6)31-49(43)63(65)48(42)30-35)29-38(60(10,11)12)33-51(55)62(54)50-32-37(59(7,8)9)21-27-52(50)64(53)39-22-25-41-40-17-15-16-18-46(40)61(13,14)47(41)34-39/h15-34H,1-14H3. The first kappa shape index (κ1) is 40.8. The molecule has 0 saturated carbocycles. The van der Waals surface area contributed by atoms with E-state index in [4.69, 9.17) is 0 Å². The number of benzene rings is 7. The van der Waals surface area contributed by atoms with Gasteiger partial charge in [0.25, 0.3) is 6.71 Å². The van der Waals surface area contributed by atoms with Crippen LogP contribution < -0.4 is 37.0 Å². The van der Waals surface area contributed by atoms with Crippen molar-refractivity contribution in [2.24, 2.45) is 0 Å². The Hall–Kier alpha value is -5.73. The van der Waals surface area contributed by atoms with Crippen LogP contribution in [0.5, 0.6) is 0 Å². The minimum Gasteiger partial charge on any atom is -0.377 e. The monoisotopic (exact) mass is 845 g/mol. The Kier molecular flexibility index (Phi) is 8.02. The predicted molar refractivity (Wildman–Crippen MR) is 283 cm³/mol. The summed E-state index contributed by atoms with van der Waals surface area (Å²) in [5, 5.41) is 0. The lowest BCUT2D eigenvalue weighted by Crippen LogP contribution is -2.69. The average molecular weight is 845 g/mol. The Morgan fingerprint density at radius 3 is 1.54 bits per heavy atom. The van der Waals surface area contributed by atoms with Gasteiger partial charge >= 0.3 is 6.85 Å². The normalized spacial score (nSPS) is 15.8. The maximum atomic E-state index is 2.84.